The molecule has 0 saturated carbocycles. The van der Waals surface area contributed by atoms with E-state index in [0.29, 0.717) is 5.82 Å². The lowest BCUT2D eigenvalue weighted by molar-refractivity contribution is 0.102. The molecule has 3 N–H and O–H groups in total. The molecule has 7 nitrogen and oxygen atoms in total. The fourth-order valence-electron chi connectivity index (χ4n) is 2.04. The minimum atomic E-state index is -3.84. The van der Waals surface area contributed by atoms with Gasteiger partial charge in [-0.15, -0.1) is 0 Å². The molecule has 0 aliphatic carbocycles. The molecular formula is C16H13FN4O3S. The van der Waals surface area contributed by atoms with Crippen LogP contribution in [0.5, 0.6) is 0 Å². The van der Waals surface area contributed by atoms with Crippen LogP contribution in [-0.4, -0.2) is 24.5 Å². The number of H-pyrrole nitrogens is 1. The van der Waals surface area contributed by atoms with Gasteiger partial charge >= 0.3 is 0 Å². The van der Waals surface area contributed by atoms with Gasteiger partial charge in [0.15, 0.2) is 0 Å². The Morgan fingerprint density at radius 1 is 1.00 bits per heavy atom. The van der Waals surface area contributed by atoms with Crippen LogP contribution >= 0.6 is 0 Å². The number of hydrogen-bond donors (Lipinski definition) is 3. The highest BCUT2D eigenvalue weighted by Gasteiger charge is 2.15. The van der Waals surface area contributed by atoms with Gasteiger partial charge in [0.05, 0.1) is 11.1 Å². The Labute approximate surface area is 142 Å². The molecule has 0 fully saturated rings. The molecule has 0 bridgehead atoms. The highest BCUT2D eigenvalue weighted by atomic mass is 32.2. The summed E-state index contributed by atoms with van der Waals surface area (Å²) < 4.78 is 39.8. The Morgan fingerprint density at radius 3 is 2.28 bits per heavy atom. The predicted molar refractivity (Wildman–Crippen MR) is 90.2 cm³/mol. The fourth-order valence-corrected chi connectivity index (χ4v) is 3.10. The molecule has 0 unspecified atom stereocenters. The number of hydrogen-bond acceptors (Lipinski definition) is 4. The molecule has 0 atom stereocenters. The second kappa shape index (κ2) is 6.73. The number of nitrogens with one attached hydrogen (secondary N) is 3. The molecule has 128 valence electrons. The lowest BCUT2D eigenvalue weighted by Gasteiger charge is -2.09. The number of carbonyl (C=O) groups is 1. The third-order valence-electron chi connectivity index (χ3n) is 3.27. The minimum absolute atomic E-state index is 0.0186. The first kappa shape index (κ1) is 16.7. The summed E-state index contributed by atoms with van der Waals surface area (Å²) in [5.74, 6) is -0.435. The Hall–Kier alpha value is -3.20. The summed E-state index contributed by atoms with van der Waals surface area (Å²) in [7, 11) is -3.84. The van der Waals surface area contributed by atoms with Crippen molar-refractivity contribution in [3.05, 3.63) is 72.2 Å². The van der Waals surface area contributed by atoms with Gasteiger partial charge in [-0.05, 0) is 48.5 Å². The number of amides is 1. The maximum absolute atomic E-state index is 12.9. The van der Waals surface area contributed by atoms with Gasteiger partial charge in [-0.3, -0.25) is 14.6 Å². The van der Waals surface area contributed by atoms with Crippen molar-refractivity contribution >= 4 is 27.4 Å². The van der Waals surface area contributed by atoms with Crippen molar-refractivity contribution in [2.24, 2.45) is 0 Å². The van der Waals surface area contributed by atoms with E-state index in [9.17, 15) is 17.6 Å². The third-order valence-corrected chi connectivity index (χ3v) is 4.67. The maximum atomic E-state index is 12.9. The number of rotatable bonds is 5. The second-order valence-corrected chi connectivity index (χ2v) is 6.74. The van der Waals surface area contributed by atoms with Crippen LogP contribution < -0.4 is 10.0 Å². The van der Waals surface area contributed by atoms with E-state index in [-0.39, 0.29) is 16.1 Å². The number of carbonyl (C=O) groups excluding carboxylic acids is 1. The molecule has 1 amide bonds. The first-order chi connectivity index (χ1) is 11.9. The quantitative estimate of drug-likeness (QED) is 0.650. The smallest absolute Gasteiger partial charge is 0.261 e. The van der Waals surface area contributed by atoms with Crippen LogP contribution in [-0.2, 0) is 10.0 Å². The monoisotopic (exact) mass is 360 g/mol. The van der Waals surface area contributed by atoms with E-state index in [1.807, 2.05) is 0 Å². The van der Waals surface area contributed by atoms with Crippen molar-refractivity contribution in [1.29, 1.82) is 0 Å². The largest absolute Gasteiger partial charge is 0.307 e. The molecule has 1 heterocycles. The summed E-state index contributed by atoms with van der Waals surface area (Å²) in [6.07, 6.45) is 1.49. The van der Waals surface area contributed by atoms with E-state index in [0.717, 1.165) is 12.1 Å². The van der Waals surface area contributed by atoms with Crippen molar-refractivity contribution < 1.29 is 17.6 Å². The van der Waals surface area contributed by atoms with Crippen LogP contribution in [0.1, 0.15) is 10.4 Å². The Balaban J connectivity index is 1.74. The maximum Gasteiger partial charge on any atom is 0.261 e. The van der Waals surface area contributed by atoms with E-state index in [1.54, 1.807) is 6.07 Å². The molecule has 25 heavy (non-hydrogen) atoms. The van der Waals surface area contributed by atoms with Gasteiger partial charge in [-0.25, -0.2) is 12.8 Å². The van der Waals surface area contributed by atoms with Crippen LogP contribution in [0, 0.1) is 5.82 Å². The van der Waals surface area contributed by atoms with Crippen molar-refractivity contribution in [2.45, 2.75) is 4.90 Å². The molecule has 9 heteroatoms. The number of aromatic nitrogens is 2. The van der Waals surface area contributed by atoms with Gasteiger partial charge in [0.2, 0.25) is 0 Å². The first-order valence-electron chi connectivity index (χ1n) is 7.13. The number of aromatic amines is 1. The molecule has 2 aromatic carbocycles. The Bertz CT molecular complexity index is 969. The van der Waals surface area contributed by atoms with Gasteiger partial charge in [-0.2, -0.15) is 5.10 Å². The van der Waals surface area contributed by atoms with E-state index in [1.165, 1.54) is 42.6 Å². The van der Waals surface area contributed by atoms with Gasteiger partial charge in [0.25, 0.3) is 15.9 Å². The van der Waals surface area contributed by atoms with E-state index in [4.69, 9.17) is 0 Å². The van der Waals surface area contributed by atoms with Crippen molar-refractivity contribution in [1.82, 2.24) is 10.2 Å². The van der Waals surface area contributed by atoms with Crippen molar-refractivity contribution in [3.8, 4) is 0 Å². The number of sulfonamides is 1. The number of halogens is 1. The molecule has 3 rings (SSSR count). The Kier molecular flexibility index (Phi) is 4.48. The molecule has 0 saturated heterocycles. The topological polar surface area (TPSA) is 104 Å². The van der Waals surface area contributed by atoms with Crippen LogP contribution in [0.4, 0.5) is 15.9 Å². The predicted octanol–water partition coefficient (Wildman–Crippen LogP) is 2.60. The molecule has 3 aromatic rings. The summed E-state index contributed by atoms with van der Waals surface area (Å²) >= 11 is 0. The molecule has 0 radical (unpaired) electrons. The summed E-state index contributed by atoms with van der Waals surface area (Å²) in [6, 6.07) is 11.9. The standard InChI is InChI=1S/C16H13FN4O3S/c17-12-3-5-13(6-4-12)21-25(23,24)14-7-1-11(2-8-14)16(22)19-15-9-10-18-20-15/h1-10,21H,(H2,18,19,20,22). The van der Waals surface area contributed by atoms with E-state index < -0.39 is 21.7 Å². The molecule has 1 aromatic heterocycles. The average Bonchev–Trinajstić information content (AvgIpc) is 3.10. The number of benzene rings is 2. The van der Waals surface area contributed by atoms with Gasteiger partial charge < -0.3 is 5.32 Å². The van der Waals surface area contributed by atoms with E-state index >= 15 is 0 Å². The molecule has 0 aliphatic heterocycles. The van der Waals surface area contributed by atoms with Crippen LogP contribution in [0.15, 0.2) is 65.7 Å². The van der Waals surface area contributed by atoms with Gasteiger partial charge in [-0.1, -0.05) is 0 Å². The zero-order chi connectivity index (χ0) is 17.9. The highest BCUT2D eigenvalue weighted by Crippen LogP contribution is 2.17. The first-order valence-corrected chi connectivity index (χ1v) is 8.61. The number of nitrogens with zero attached hydrogens (tertiary/aromatic N) is 1. The SMILES string of the molecule is O=C(Nc1ccn[nH]1)c1ccc(S(=O)(=O)Nc2ccc(F)cc2)cc1. The molecule has 0 aliphatic rings. The van der Waals surface area contributed by atoms with Crippen LogP contribution in [0.2, 0.25) is 0 Å². The van der Waals surface area contributed by atoms with Crippen molar-refractivity contribution in [3.63, 3.8) is 0 Å². The lowest BCUT2D eigenvalue weighted by Crippen LogP contribution is -2.15. The summed E-state index contributed by atoms with van der Waals surface area (Å²) in [5, 5.41) is 8.88. The minimum Gasteiger partial charge on any atom is -0.307 e. The summed E-state index contributed by atoms with van der Waals surface area (Å²) in [5.41, 5.74) is 0.526. The van der Waals surface area contributed by atoms with E-state index in [2.05, 4.69) is 20.2 Å². The number of anilines is 2. The summed E-state index contributed by atoms with van der Waals surface area (Å²) in [4.78, 5) is 12.0. The zero-order valence-electron chi connectivity index (χ0n) is 12.7. The van der Waals surface area contributed by atoms with Crippen LogP contribution in [0.3, 0.4) is 0 Å². The third kappa shape index (κ3) is 4.01. The molecule has 0 spiro atoms. The average molecular weight is 360 g/mol. The highest BCUT2D eigenvalue weighted by molar-refractivity contribution is 7.92. The van der Waals surface area contributed by atoms with Gasteiger partial charge in [0, 0.05) is 17.3 Å². The zero-order valence-corrected chi connectivity index (χ0v) is 13.5. The van der Waals surface area contributed by atoms with Crippen molar-refractivity contribution in [2.75, 3.05) is 10.0 Å². The summed E-state index contributed by atoms with van der Waals surface area (Å²) in [6.45, 7) is 0. The molecular weight excluding hydrogens is 347 g/mol. The van der Waals surface area contributed by atoms with Gasteiger partial charge in [0.1, 0.15) is 11.6 Å². The normalized spacial score (nSPS) is 11.1. The lowest BCUT2D eigenvalue weighted by atomic mass is 10.2. The second-order valence-electron chi connectivity index (χ2n) is 5.06. The van der Waals surface area contributed by atoms with Crippen LogP contribution in [0.25, 0.3) is 0 Å². The fraction of sp³-hybridized carbons (Fsp3) is 0. The Morgan fingerprint density at radius 2 is 1.68 bits per heavy atom.